The predicted molar refractivity (Wildman–Crippen MR) is 118 cm³/mol. The number of allylic oxidation sites excluding steroid dienone is 5. The summed E-state index contributed by atoms with van der Waals surface area (Å²) in [6, 6.07) is 14.3. The molecule has 0 bridgehead atoms. The minimum absolute atomic E-state index is 0.334. The van der Waals surface area contributed by atoms with E-state index in [1.54, 1.807) is 6.07 Å². The Bertz CT molecular complexity index is 1090. The Morgan fingerprint density at radius 3 is 2.71 bits per heavy atom. The highest BCUT2D eigenvalue weighted by atomic mass is 32.2. The molecule has 0 spiro atoms. The Hall–Kier alpha value is -2.59. The molecule has 0 saturated carbocycles. The summed E-state index contributed by atoms with van der Waals surface area (Å²) < 4.78 is 25.7. The highest BCUT2D eigenvalue weighted by molar-refractivity contribution is 7.92. The third kappa shape index (κ3) is 4.12. The first-order valence-corrected chi connectivity index (χ1v) is 11.5. The van der Waals surface area contributed by atoms with Gasteiger partial charge in [0, 0.05) is 11.6 Å². The van der Waals surface area contributed by atoms with Gasteiger partial charge in [-0.15, -0.1) is 0 Å². The highest BCUT2D eigenvalue weighted by Crippen LogP contribution is 2.42. The zero-order chi connectivity index (χ0) is 19.7. The quantitative estimate of drug-likeness (QED) is 0.780. The van der Waals surface area contributed by atoms with Crippen LogP contribution in [-0.4, -0.2) is 14.7 Å². The van der Waals surface area contributed by atoms with E-state index in [9.17, 15) is 8.42 Å². The van der Waals surface area contributed by atoms with Gasteiger partial charge in [-0.1, -0.05) is 66.3 Å². The molecular formula is C24H25NO2S. The molecule has 2 unspecified atom stereocenters. The van der Waals surface area contributed by atoms with Crippen LogP contribution < -0.4 is 4.72 Å². The minimum Gasteiger partial charge on any atom is -0.284 e. The molecule has 2 aliphatic rings. The Morgan fingerprint density at radius 2 is 1.89 bits per heavy atom. The van der Waals surface area contributed by atoms with Gasteiger partial charge < -0.3 is 0 Å². The summed E-state index contributed by atoms with van der Waals surface area (Å²) in [4.78, 5) is 0. The van der Waals surface area contributed by atoms with Gasteiger partial charge in [0.1, 0.15) is 0 Å². The number of hydrogen-bond donors (Lipinski definition) is 1. The number of anilines is 1. The molecule has 0 saturated heterocycles. The molecule has 28 heavy (non-hydrogen) atoms. The van der Waals surface area contributed by atoms with Crippen LogP contribution in [0.2, 0.25) is 0 Å². The maximum absolute atomic E-state index is 11.6. The fraction of sp³-hybridized carbons (Fsp3) is 0.250. The standard InChI is InChI=1S/C24H25NO2S/c1-17-10-13-23-20(14-17)12-11-19-7-3-4-9-22(19)24(23)16-18-6-5-8-21(15-18)25-28(2,26)27/h3-10,13-16,19,22,25H,11-12H2,1-2H3/b24-16+. The van der Waals surface area contributed by atoms with Crippen molar-refractivity contribution in [3.8, 4) is 0 Å². The molecule has 2 aromatic rings. The Balaban J connectivity index is 1.82. The van der Waals surface area contributed by atoms with Crippen molar-refractivity contribution >= 4 is 27.4 Å². The van der Waals surface area contributed by atoms with Gasteiger partial charge >= 0.3 is 0 Å². The number of rotatable bonds is 3. The molecule has 0 aliphatic heterocycles. The normalized spacial score (nSPS) is 22.4. The summed E-state index contributed by atoms with van der Waals surface area (Å²) >= 11 is 0. The number of hydrogen-bond acceptors (Lipinski definition) is 2. The van der Waals surface area contributed by atoms with Crippen molar-refractivity contribution in [2.24, 2.45) is 11.8 Å². The lowest BCUT2D eigenvalue weighted by Crippen LogP contribution is -2.13. The van der Waals surface area contributed by atoms with Gasteiger partial charge in [-0.2, -0.15) is 0 Å². The van der Waals surface area contributed by atoms with Crippen molar-refractivity contribution in [2.75, 3.05) is 11.0 Å². The van der Waals surface area contributed by atoms with Crippen LogP contribution in [0.15, 0.2) is 66.8 Å². The molecule has 2 aromatic carbocycles. The van der Waals surface area contributed by atoms with Crippen LogP contribution in [0.25, 0.3) is 11.6 Å². The van der Waals surface area contributed by atoms with E-state index in [0.717, 1.165) is 18.4 Å². The average Bonchev–Trinajstić information content (AvgIpc) is 2.78. The van der Waals surface area contributed by atoms with Gasteiger partial charge in [-0.05, 0) is 60.1 Å². The van der Waals surface area contributed by atoms with Crippen LogP contribution in [0.1, 0.15) is 28.7 Å². The van der Waals surface area contributed by atoms with Crippen molar-refractivity contribution < 1.29 is 8.42 Å². The molecule has 3 nitrogen and oxygen atoms in total. The molecule has 1 N–H and O–H groups in total. The van der Waals surface area contributed by atoms with Crippen LogP contribution in [0.3, 0.4) is 0 Å². The second-order valence-corrected chi connectivity index (χ2v) is 9.51. The van der Waals surface area contributed by atoms with E-state index in [4.69, 9.17) is 0 Å². The number of nitrogens with one attached hydrogen (secondary N) is 1. The summed E-state index contributed by atoms with van der Waals surface area (Å²) in [7, 11) is -3.30. The predicted octanol–water partition coefficient (Wildman–Crippen LogP) is 5.21. The molecule has 0 radical (unpaired) electrons. The Labute approximate surface area is 167 Å². The van der Waals surface area contributed by atoms with Crippen molar-refractivity contribution in [1.82, 2.24) is 0 Å². The van der Waals surface area contributed by atoms with E-state index in [1.165, 1.54) is 28.5 Å². The van der Waals surface area contributed by atoms with E-state index in [-0.39, 0.29) is 0 Å². The molecule has 4 heteroatoms. The maximum atomic E-state index is 11.6. The molecule has 4 rings (SSSR count). The van der Waals surface area contributed by atoms with E-state index in [0.29, 0.717) is 17.5 Å². The van der Waals surface area contributed by atoms with Crippen LogP contribution >= 0.6 is 0 Å². The zero-order valence-electron chi connectivity index (χ0n) is 16.2. The number of aryl methyl sites for hydroxylation is 2. The fourth-order valence-electron chi connectivity index (χ4n) is 4.24. The van der Waals surface area contributed by atoms with E-state index < -0.39 is 10.0 Å². The highest BCUT2D eigenvalue weighted by Gasteiger charge is 2.28. The molecule has 2 aliphatic carbocycles. The van der Waals surface area contributed by atoms with E-state index in [2.05, 4.69) is 60.2 Å². The first kappa shape index (κ1) is 18.8. The van der Waals surface area contributed by atoms with Crippen LogP contribution in [0.5, 0.6) is 0 Å². The van der Waals surface area contributed by atoms with Gasteiger partial charge in [-0.25, -0.2) is 8.42 Å². The molecule has 0 fully saturated rings. The van der Waals surface area contributed by atoms with Crippen molar-refractivity contribution in [1.29, 1.82) is 0 Å². The second-order valence-electron chi connectivity index (χ2n) is 7.76. The third-order valence-corrected chi connectivity index (χ3v) is 6.05. The molecular weight excluding hydrogens is 366 g/mol. The van der Waals surface area contributed by atoms with Crippen molar-refractivity contribution in [2.45, 2.75) is 19.8 Å². The third-order valence-electron chi connectivity index (χ3n) is 5.44. The molecule has 0 amide bonds. The van der Waals surface area contributed by atoms with Gasteiger partial charge in [0.05, 0.1) is 6.26 Å². The monoisotopic (exact) mass is 391 g/mol. The van der Waals surface area contributed by atoms with Crippen LogP contribution in [-0.2, 0) is 16.4 Å². The lowest BCUT2D eigenvalue weighted by molar-refractivity contribution is 0.530. The summed E-state index contributed by atoms with van der Waals surface area (Å²) in [6.45, 7) is 2.14. The Kier molecular flexibility index (Phi) is 4.98. The second kappa shape index (κ2) is 7.44. The number of fused-ring (bicyclic) bond motifs is 2. The summed E-state index contributed by atoms with van der Waals surface area (Å²) in [5.74, 6) is 0.821. The molecule has 0 aromatic heterocycles. The summed E-state index contributed by atoms with van der Waals surface area (Å²) in [5, 5.41) is 0. The average molecular weight is 392 g/mol. The first-order chi connectivity index (χ1) is 13.4. The lowest BCUT2D eigenvalue weighted by Gasteiger charge is -2.24. The smallest absolute Gasteiger partial charge is 0.229 e. The van der Waals surface area contributed by atoms with E-state index in [1.807, 2.05) is 18.2 Å². The molecule has 2 atom stereocenters. The van der Waals surface area contributed by atoms with Gasteiger partial charge in [0.2, 0.25) is 10.0 Å². The first-order valence-electron chi connectivity index (χ1n) is 9.63. The van der Waals surface area contributed by atoms with Crippen LogP contribution in [0, 0.1) is 18.8 Å². The zero-order valence-corrected chi connectivity index (χ0v) is 17.0. The molecule has 0 heterocycles. The fourth-order valence-corrected chi connectivity index (χ4v) is 4.79. The van der Waals surface area contributed by atoms with Gasteiger partial charge in [0.15, 0.2) is 0 Å². The Morgan fingerprint density at radius 1 is 1.07 bits per heavy atom. The summed E-state index contributed by atoms with van der Waals surface area (Å²) in [6.07, 6.45) is 14.5. The maximum Gasteiger partial charge on any atom is 0.229 e. The lowest BCUT2D eigenvalue weighted by atomic mass is 9.79. The van der Waals surface area contributed by atoms with Gasteiger partial charge in [0.25, 0.3) is 0 Å². The SMILES string of the molecule is Cc1ccc2c(c1)CCC1C=CC=CC1/C2=C\c1cccc(NS(C)(=O)=O)c1. The number of benzene rings is 2. The molecule has 144 valence electrons. The van der Waals surface area contributed by atoms with Gasteiger partial charge in [-0.3, -0.25) is 4.72 Å². The summed E-state index contributed by atoms with van der Waals surface area (Å²) in [5.41, 5.74) is 6.87. The number of sulfonamides is 1. The topological polar surface area (TPSA) is 46.2 Å². The van der Waals surface area contributed by atoms with Crippen molar-refractivity contribution in [3.63, 3.8) is 0 Å². The largest absolute Gasteiger partial charge is 0.284 e. The van der Waals surface area contributed by atoms with Crippen molar-refractivity contribution in [3.05, 3.63) is 89.0 Å². The van der Waals surface area contributed by atoms with Crippen LogP contribution in [0.4, 0.5) is 5.69 Å². The minimum atomic E-state index is -3.30. The van der Waals surface area contributed by atoms with E-state index >= 15 is 0 Å².